The van der Waals surface area contributed by atoms with Crippen LogP contribution >= 0.6 is 0 Å². The highest BCUT2D eigenvalue weighted by Crippen LogP contribution is 2.49. The topological polar surface area (TPSA) is 119 Å². The molecule has 4 aliphatic heterocycles. The number of hydrogen-bond acceptors (Lipinski definition) is 10. The molecule has 6 heterocycles. The lowest BCUT2D eigenvalue weighted by atomic mass is 9.96. The number of carbonyl (C=O) groups excluding carboxylic acids is 1. The Morgan fingerprint density at radius 1 is 1.06 bits per heavy atom. The first-order valence-corrected chi connectivity index (χ1v) is 18.3. The zero-order valence-corrected chi connectivity index (χ0v) is 30.0. The molecule has 1 aliphatic carbocycles. The van der Waals surface area contributed by atoms with Crippen LogP contribution < -0.4 is 20.1 Å². The van der Waals surface area contributed by atoms with Gasteiger partial charge in [0.1, 0.15) is 28.0 Å². The third-order valence-electron chi connectivity index (χ3n) is 11.2. The molecule has 1 aromatic carbocycles. The molecule has 52 heavy (non-hydrogen) atoms. The van der Waals surface area contributed by atoms with Crippen LogP contribution in [0.1, 0.15) is 76.8 Å². The number of benzene rings is 1. The van der Waals surface area contributed by atoms with Crippen LogP contribution in [0.3, 0.4) is 0 Å². The van der Waals surface area contributed by atoms with E-state index in [1.165, 1.54) is 25.8 Å². The van der Waals surface area contributed by atoms with Gasteiger partial charge in [-0.3, -0.25) is 4.90 Å². The van der Waals surface area contributed by atoms with Crippen LogP contribution in [0.5, 0.6) is 11.9 Å². The van der Waals surface area contributed by atoms with E-state index in [1.54, 1.807) is 0 Å². The van der Waals surface area contributed by atoms with E-state index in [9.17, 15) is 18.0 Å². The SMILES string of the molecule is Cc1cc(N)cc(-c2nc3c4c(nc(OCC5(CN6CCCC6)CC5)nc4c2F)N2C[C@H]4CC[C@@H]([C@H]2CCO3)N4C(=O)OC(C)(C)C)c1C(F)(F)F. The summed E-state index contributed by atoms with van der Waals surface area (Å²) in [5.41, 5.74) is 2.80. The van der Waals surface area contributed by atoms with Crippen molar-refractivity contribution in [3.8, 4) is 23.1 Å². The number of nitrogens with two attached hydrogens (primary N) is 1. The highest BCUT2D eigenvalue weighted by Gasteiger charge is 2.51. The number of nitrogens with zero attached hydrogens (tertiary/aromatic N) is 6. The average Bonchev–Trinajstić information content (AvgIpc) is 3.45. The Bertz CT molecular complexity index is 1910. The minimum Gasteiger partial charge on any atom is -0.477 e. The Morgan fingerprint density at radius 3 is 2.50 bits per heavy atom. The van der Waals surface area contributed by atoms with Crippen molar-refractivity contribution in [3.63, 3.8) is 0 Å². The van der Waals surface area contributed by atoms with Gasteiger partial charge in [0, 0.05) is 36.2 Å². The number of rotatable bonds is 6. The minimum absolute atomic E-state index is 0.0340. The lowest BCUT2D eigenvalue weighted by Crippen LogP contribution is -2.62. The van der Waals surface area contributed by atoms with Gasteiger partial charge in [-0.25, -0.2) is 14.2 Å². The maximum atomic E-state index is 17.0. The third-order valence-corrected chi connectivity index (χ3v) is 11.2. The number of halogens is 4. The number of aromatic nitrogens is 3. The molecule has 3 aromatic rings. The number of ether oxygens (including phenoxy) is 3. The van der Waals surface area contributed by atoms with Gasteiger partial charge < -0.3 is 29.7 Å². The van der Waals surface area contributed by atoms with Gasteiger partial charge in [0.15, 0.2) is 5.82 Å². The molecule has 280 valence electrons. The van der Waals surface area contributed by atoms with E-state index < -0.39 is 34.4 Å². The molecule has 4 fully saturated rings. The molecule has 1 saturated carbocycles. The second-order valence-corrected chi connectivity index (χ2v) is 16.2. The number of aryl methyl sites for hydroxylation is 1. The van der Waals surface area contributed by atoms with Gasteiger partial charge in [0.2, 0.25) is 5.88 Å². The fraction of sp³-hybridized carbons (Fsp3) is 0.622. The van der Waals surface area contributed by atoms with E-state index >= 15 is 4.39 Å². The van der Waals surface area contributed by atoms with Crippen LogP contribution in [0.4, 0.5) is 33.9 Å². The van der Waals surface area contributed by atoms with Crippen molar-refractivity contribution < 1.29 is 36.6 Å². The molecule has 15 heteroatoms. The van der Waals surface area contributed by atoms with Crippen molar-refractivity contribution in [2.75, 3.05) is 50.0 Å². The van der Waals surface area contributed by atoms with E-state index in [-0.39, 0.29) is 70.3 Å². The number of amides is 1. The first kappa shape index (κ1) is 34.9. The molecule has 3 saturated heterocycles. The normalized spacial score (nSPS) is 24.0. The van der Waals surface area contributed by atoms with Crippen LogP contribution in [0.15, 0.2) is 12.1 Å². The molecule has 0 spiro atoms. The summed E-state index contributed by atoms with van der Waals surface area (Å²) < 4.78 is 78.9. The van der Waals surface area contributed by atoms with Crippen LogP contribution in [0.2, 0.25) is 0 Å². The highest BCUT2D eigenvalue weighted by molar-refractivity contribution is 5.97. The summed E-state index contributed by atoms with van der Waals surface area (Å²) in [6, 6.07) is 1.51. The summed E-state index contributed by atoms with van der Waals surface area (Å²) in [5.74, 6) is -0.811. The lowest BCUT2D eigenvalue weighted by Gasteiger charge is -2.48. The number of likely N-dealkylation sites (tertiary alicyclic amines) is 1. The van der Waals surface area contributed by atoms with E-state index in [4.69, 9.17) is 24.9 Å². The van der Waals surface area contributed by atoms with Gasteiger partial charge in [-0.05, 0) is 97.0 Å². The number of pyridine rings is 1. The summed E-state index contributed by atoms with van der Waals surface area (Å²) in [7, 11) is 0. The number of hydrogen-bond donors (Lipinski definition) is 1. The predicted molar refractivity (Wildman–Crippen MR) is 186 cm³/mol. The molecular weight excluding hydrogens is 682 g/mol. The minimum atomic E-state index is -4.82. The first-order chi connectivity index (χ1) is 24.6. The Labute approximate surface area is 299 Å². The Balaban J connectivity index is 1.25. The molecule has 5 aliphatic rings. The van der Waals surface area contributed by atoms with Crippen molar-refractivity contribution >= 4 is 28.5 Å². The van der Waals surface area contributed by atoms with E-state index in [2.05, 4.69) is 19.8 Å². The Morgan fingerprint density at radius 2 is 1.81 bits per heavy atom. The standard InChI is InChI=1S/C37H45F4N7O4/c1-20-15-21(42)16-23(27(20)37(39,40)41)29-28(38)30-26-31(45-33(44-30)51-19-36(10-11-36)18-46-12-5-6-13-46)47-17-22-7-8-25(24(47)9-14-50-32(26)43-29)48(22)34(49)52-35(2,3)4/h15-16,22,24-25H,5-14,17-19,42H2,1-4H3/t22-,24-,25+/m1/s1. The molecule has 1 amide bonds. The van der Waals surface area contributed by atoms with Gasteiger partial charge in [0.25, 0.3) is 0 Å². The quantitative estimate of drug-likeness (QED) is 0.216. The van der Waals surface area contributed by atoms with E-state index in [0.29, 0.717) is 25.4 Å². The molecule has 11 nitrogen and oxygen atoms in total. The molecule has 2 aromatic heterocycles. The molecular formula is C37H45F4N7O4. The number of fused-ring (bicyclic) bond motifs is 5. The fourth-order valence-electron chi connectivity index (χ4n) is 8.70. The second-order valence-electron chi connectivity index (χ2n) is 16.2. The van der Waals surface area contributed by atoms with Gasteiger partial charge in [0.05, 0.1) is 36.9 Å². The smallest absolute Gasteiger partial charge is 0.417 e. The molecule has 2 bridgehead atoms. The van der Waals surface area contributed by atoms with Gasteiger partial charge >= 0.3 is 18.3 Å². The average molecular weight is 728 g/mol. The van der Waals surface area contributed by atoms with E-state index in [0.717, 1.165) is 51.4 Å². The predicted octanol–water partition coefficient (Wildman–Crippen LogP) is 6.73. The second kappa shape index (κ2) is 12.5. The number of nitrogen functional groups attached to an aromatic ring is 1. The van der Waals surface area contributed by atoms with Gasteiger partial charge in [-0.1, -0.05) is 0 Å². The highest BCUT2D eigenvalue weighted by atomic mass is 19.4. The molecule has 3 atom stereocenters. The third kappa shape index (κ3) is 6.32. The number of anilines is 2. The Hall–Kier alpha value is -4.14. The zero-order chi connectivity index (χ0) is 36.7. The molecule has 2 N–H and O–H groups in total. The maximum Gasteiger partial charge on any atom is 0.417 e. The summed E-state index contributed by atoms with van der Waals surface area (Å²) in [6.07, 6.45) is 1.01. The number of carbonyl (C=O) groups is 1. The van der Waals surface area contributed by atoms with Crippen LogP contribution in [-0.2, 0) is 10.9 Å². The monoisotopic (exact) mass is 727 g/mol. The number of piperazine rings is 1. The number of alkyl halides is 3. The van der Waals surface area contributed by atoms with Crippen LogP contribution in [0.25, 0.3) is 22.2 Å². The summed E-state index contributed by atoms with van der Waals surface area (Å²) in [4.78, 5) is 33.7. The molecule has 8 rings (SSSR count). The van der Waals surface area contributed by atoms with Crippen molar-refractivity contribution in [1.82, 2.24) is 24.8 Å². The summed E-state index contributed by atoms with van der Waals surface area (Å²) in [5, 5.41) is 0.149. The van der Waals surface area contributed by atoms with Gasteiger partial charge in [-0.2, -0.15) is 23.1 Å². The lowest BCUT2D eigenvalue weighted by molar-refractivity contribution is -0.137. The Kier molecular flexibility index (Phi) is 8.38. The summed E-state index contributed by atoms with van der Waals surface area (Å²) >= 11 is 0. The van der Waals surface area contributed by atoms with E-state index in [1.807, 2.05) is 25.7 Å². The first-order valence-electron chi connectivity index (χ1n) is 18.3. The fourth-order valence-corrected chi connectivity index (χ4v) is 8.70. The summed E-state index contributed by atoms with van der Waals surface area (Å²) in [6.45, 7) is 10.6. The zero-order valence-electron chi connectivity index (χ0n) is 30.0. The van der Waals surface area contributed by atoms with Crippen molar-refractivity contribution in [2.45, 2.75) is 103 Å². The largest absolute Gasteiger partial charge is 0.477 e. The van der Waals surface area contributed by atoms with Gasteiger partial charge in [-0.15, -0.1) is 0 Å². The van der Waals surface area contributed by atoms with Crippen molar-refractivity contribution in [1.29, 1.82) is 0 Å². The maximum absolute atomic E-state index is 17.0. The van der Waals surface area contributed by atoms with Crippen molar-refractivity contribution in [3.05, 3.63) is 29.1 Å². The van der Waals surface area contributed by atoms with Crippen molar-refractivity contribution in [2.24, 2.45) is 5.41 Å². The van der Waals surface area contributed by atoms with Crippen LogP contribution in [0, 0.1) is 18.2 Å². The molecule has 0 radical (unpaired) electrons. The molecule has 0 unspecified atom stereocenters. The van der Waals surface area contributed by atoms with Crippen LogP contribution in [-0.4, -0.2) is 94.0 Å².